The van der Waals surface area contributed by atoms with Crippen LogP contribution in [0.1, 0.15) is 22.3 Å². The summed E-state index contributed by atoms with van der Waals surface area (Å²) in [5, 5.41) is 40.2. The molecule has 0 unspecified atom stereocenters. The van der Waals surface area contributed by atoms with Gasteiger partial charge in [-0.25, -0.2) is 0 Å². The van der Waals surface area contributed by atoms with Crippen LogP contribution in [0.3, 0.4) is 0 Å². The van der Waals surface area contributed by atoms with Gasteiger partial charge in [0.25, 0.3) is 0 Å². The molecule has 38 heavy (non-hydrogen) atoms. The minimum atomic E-state index is -0.0128. The molecule has 2 aromatic carbocycles. The normalized spacial score (nSPS) is 11.4. The van der Waals surface area contributed by atoms with Crippen LogP contribution in [-0.4, -0.2) is 97.1 Å². The minimum absolute atomic E-state index is 0.00674. The Labute approximate surface area is 227 Å². The molecule has 0 bridgehead atoms. The second-order valence-corrected chi connectivity index (χ2v) is 9.43. The zero-order chi connectivity index (χ0) is 27.9. The van der Waals surface area contributed by atoms with Gasteiger partial charge in [-0.3, -0.25) is 9.80 Å². The number of phenolic OH excluding ortho intramolecular Hbond substituents is 2. The van der Waals surface area contributed by atoms with Crippen molar-refractivity contribution in [3.63, 3.8) is 0 Å². The predicted octanol–water partition coefficient (Wildman–Crippen LogP) is 3.10. The SMILES string of the molecule is C=CCc1cc(CN(C)CCOCCO)c(O)c(-c2cc(CC=C)c(O)c(CN(C)CCOCCO)c2)c1. The zero-order valence-electron chi connectivity index (χ0n) is 22.9. The van der Waals surface area contributed by atoms with Crippen LogP contribution in [0, 0.1) is 0 Å². The van der Waals surface area contributed by atoms with Crippen LogP contribution in [0.4, 0.5) is 0 Å². The first-order valence-electron chi connectivity index (χ1n) is 13.0. The van der Waals surface area contributed by atoms with Crippen LogP contribution >= 0.6 is 0 Å². The molecule has 0 radical (unpaired) electrons. The van der Waals surface area contributed by atoms with E-state index in [1.165, 1.54) is 0 Å². The fourth-order valence-corrected chi connectivity index (χ4v) is 4.25. The number of hydrogen-bond acceptors (Lipinski definition) is 8. The molecule has 0 aliphatic carbocycles. The Morgan fingerprint density at radius 3 is 1.76 bits per heavy atom. The molecule has 0 saturated carbocycles. The van der Waals surface area contributed by atoms with E-state index < -0.39 is 0 Å². The van der Waals surface area contributed by atoms with Crippen LogP contribution in [-0.2, 0) is 35.4 Å². The molecule has 4 N–H and O–H groups in total. The lowest BCUT2D eigenvalue weighted by Crippen LogP contribution is -2.23. The summed E-state index contributed by atoms with van der Waals surface area (Å²) in [6.07, 6.45) is 4.74. The fourth-order valence-electron chi connectivity index (χ4n) is 4.25. The Bertz CT molecular complexity index is 1030. The summed E-state index contributed by atoms with van der Waals surface area (Å²) in [5.74, 6) is 0.425. The van der Waals surface area contributed by atoms with E-state index in [0.29, 0.717) is 71.0 Å². The van der Waals surface area contributed by atoms with Crippen molar-refractivity contribution >= 4 is 0 Å². The van der Waals surface area contributed by atoms with Gasteiger partial charge in [-0.2, -0.15) is 0 Å². The number of aliphatic hydroxyl groups excluding tert-OH is 2. The van der Waals surface area contributed by atoms with Crippen molar-refractivity contribution < 1.29 is 29.9 Å². The van der Waals surface area contributed by atoms with Crippen molar-refractivity contribution in [3.8, 4) is 22.6 Å². The van der Waals surface area contributed by atoms with Crippen molar-refractivity contribution in [2.75, 3.05) is 66.8 Å². The lowest BCUT2D eigenvalue weighted by molar-refractivity contribution is 0.0771. The van der Waals surface area contributed by atoms with Gasteiger partial charge in [0.05, 0.1) is 39.6 Å². The summed E-state index contributed by atoms with van der Waals surface area (Å²) in [7, 11) is 3.91. The van der Waals surface area contributed by atoms with E-state index in [2.05, 4.69) is 18.1 Å². The van der Waals surface area contributed by atoms with E-state index in [0.717, 1.165) is 27.8 Å². The summed E-state index contributed by atoms with van der Waals surface area (Å²) in [6, 6.07) is 7.81. The molecule has 0 saturated heterocycles. The molecule has 0 atom stereocenters. The van der Waals surface area contributed by atoms with Gasteiger partial charge in [0.1, 0.15) is 11.5 Å². The second kappa shape index (κ2) is 17.0. The lowest BCUT2D eigenvalue weighted by atomic mass is 9.92. The number of nitrogens with zero attached hydrogens (tertiary/aromatic N) is 2. The summed E-state index contributed by atoms with van der Waals surface area (Å²) in [4.78, 5) is 4.11. The first-order valence-corrected chi connectivity index (χ1v) is 13.0. The Morgan fingerprint density at radius 2 is 1.24 bits per heavy atom. The highest BCUT2D eigenvalue weighted by molar-refractivity contribution is 5.75. The number of phenols is 2. The number of allylic oxidation sites excluding steroid dienone is 2. The molecule has 210 valence electrons. The van der Waals surface area contributed by atoms with E-state index in [4.69, 9.17) is 19.7 Å². The zero-order valence-corrected chi connectivity index (χ0v) is 22.9. The van der Waals surface area contributed by atoms with Crippen LogP contribution in [0.5, 0.6) is 11.5 Å². The molecule has 2 aromatic rings. The van der Waals surface area contributed by atoms with Crippen LogP contribution in [0.25, 0.3) is 11.1 Å². The summed E-state index contributed by atoms with van der Waals surface area (Å²) < 4.78 is 10.8. The first-order chi connectivity index (χ1) is 18.3. The molecule has 2 rings (SSSR count). The molecular formula is C30H44N2O6. The molecule has 0 spiro atoms. The van der Waals surface area contributed by atoms with Crippen molar-refractivity contribution in [1.82, 2.24) is 9.80 Å². The molecule has 0 aliphatic heterocycles. The average molecular weight is 529 g/mol. The highest BCUT2D eigenvalue weighted by atomic mass is 16.5. The minimum Gasteiger partial charge on any atom is -0.507 e. The monoisotopic (exact) mass is 528 g/mol. The van der Waals surface area contributed by atoms with Gasteiger partial charge in [0, 0.05) is 42.9 Å². The summed E-state index contributed by atoms with van der Waals surface area (Å²) in [5.41, 5.74) is 4.83. The predicted molar refractivity (Wildman–Crippen MR) is 151 cm³/mol. The third-order valence-corrected chi connectivity index (χ3v) is 6.16. The van der Waals surface area contributed by atoms with Gasteiger partial charge in [-0.1, -0.05) is 18.2 Å². The van der Waals surface area contributed by atoms with Crippen molar-refractivity contribution in [2.24, 2.45) is 0 Å². The Kier molecular flexibility index (Phi) is 14.1. The van der Waals surface area contributed by atoms with Gasteiger partial charge in [0.15, 0.2) is 0 Å². The van der Waals surface area contributed by atoms with Crippen molar-refractivity contribution in [1.29, 1.82) is 0 Å². The van der Waals surface area contributed by atoms with Crippen LogP contribution < -0.4 is 0 Å². The lowest BCUT2D eigenvalue weighted by Gasteiger charge is -2.22. The second-order valence-electron chi connectivity index (χ2n) is 9.43. The smallest absolute Gasteiger partial charge is 0.127 e. The van der Waals surface area contributed by atoms with Crippen LogP contribution in [0.15, 0.2) is 49.6 Å². The first kappa shape index (κ1) is 31.5. The molecule has 0 fully saturated rings. The number of likely N-dealkylation sites (N-methyl/N-ethyl adjacent to an activating group) is 2. The van der Waals surface area contributed by atoms with Crippen LogP contribution in [0.2, 0.25) is 0 Å². The van der Waals surface area contributed by atoms with Gasteiger partial charge in [-0.05, 0) is 61.8 Å². The third-order valence-electron chi connectivity index (χ3n) is 6.16. The van der Waals surface area contributed by atoms with Crippen molar-refractivity contribution in [3.05, 3.63) is 71.8 Å². The number of aliphatic hydroxyl groups is 2. The number of ether oxygens (including phenoxy) is 2. The van der Waals surface area contributed by atoms with Gasteiger partial charge in [0.2, 0.25) is 0 Å². The quantitative estimate of drug-likeness (QED) is 0.163. The van der Waals surface area contributed by atoms with Gasteiger partial charge in [-0.15, -0.1) is 13.2 Å². The van der Waals surface area contributed by atoms with Gasteiger partial charge < -0.3 is 29.9 Å². The summed E-state index contributed by atoms with van der Waals surface area (Å²) >= 11 is 0. The Balaban J connectivity index is 2.41. The fraction of sp³-hybridized carbons (Fsp3) is 0.467. The number of aromatic hydroxyl groups is 2. The number of hydrogen-bond donors (Lipinski definition) is 4. The molecule has 0 aliphatic rings. The van der Waals surface area contributed by atoms with E-state index >= 15 is 0 Å². The van der Waals surface area contributed by atoms with Crippen molar-refractivity contribution in [2.45, 2.75) is 25.9 Å². The highest BCUT2D eigenvalue weighted by Gasteiger charge is 2.18. The maximum Gasteiger partial charge on any atom is 0.127 e. The Hall–Kier alpha value is -2.72. The standard InChI is InChI=1S/C30H44N2O6/c1-5-7-23-17-26(21-31(3)9-13-37-15-11-33)30(36)28(18-23)25-19-24(8-6-2)29(35)27(20-25)22-32(4)10-14-38-16-12-34/h5-6,17-20,33-36H,1-2,7-16,21-22H2,3-4H3. The highest BCUT2D eigenvalue weighted by Crippen LogP contribution is 2.38. The van der Waals surface area contributed by atoms with Gasteiger partial charge >= 0.3 is 0 Å². The molecule has 0 amide bonds. The Morgan fingerprint density at radius 1 is 0.711 bits per heavy atom. The number of benzene rings is 2. The summed E-state index contributed by atoms with van der Waals surface area (Å²) in [6.45, 7) is 11.6. The maximum atomic E-state index is 11.4. The van der Waals surface area contributed by atoms with E-state index in [1.54, 1.807) is 6.08 Å². The average Bonchev–Trinajstić information content (AvgIpc) is 2.89. The van der Waals surface area contributed by atoms with E-state index in [9.17, 15) is 10.2 Å². The topological polar surface area (TPSA) is 106 Å². The van der Waals surface area contributed by atoms with E-state index in [-0.39, 0.29) is 24.7 Å². The molecule has 8 nitrogen and oxygen atoms in total. The molecule has 0 heterocycles. The van der Waals surface area contributed by atoms with E-state index in [1.807, 2.05) is 49.3 Å². The largest absolute Gasteiger partial charge is 0.507 e. The maximum absolute atomic E-state index is 11.4. The molecule has 0 aromatic heterocycles. The molecule has 8 heteroatoms. The third kappa shape index (κ3) is 9.87. The molecular weight excluding hydrogens is 484 g/mol. The number of rotatable bonds is 19.